The van der Waals surface area contributed by atoms with Crippen molar-refractivity contribution >= 4 is 21.6 Å². The zero-order valence-electron chi connectivity index (χ0n) is 15.4. The van der Waals surface area contributed by atoms with Crippen LogP contribution in [0.2, 0.25) is 0 Å². The third-order valence-corrected chi connectivity index (χ3v) is 5.33. The molecule has 136 valence electrons. The van der Waals surface area contributed by atoms with Crippen molar-refractivity contribution in [3.8, 4) is 0 Å². The van der Waals surface area contributed by atoms with E-state index in [0.717, 1.165) is 36.6 Å². The van der Waals surface area contributed by atoms with Crippen molar-refractivity contribution in [3.63, 3.8) is 0 Å². The molecular formula is C18H30N2O3S. The van der Waals surface area contributed by atoms with E-state index in [1.807, 2.05) is 32.9 Å². The second-order valence-electron chi connectivity index (χ2n) is 6.25. The van der Waals surface area contributed by atoms with Crippen molar-refractivity contribution in [1.82, 2.24) is 5.32 Å². The summed E-state index contributed by atoms with van der Waals surface area (Å²) in [5.74, 6) is -0.239. The number of carbonyl (C=O) groups excluding carboxylic acids is 1. The van der Waals surface area contributed by atoms with E-state index in [1.54, 1.807) is 6.07 Å². The molecule has 5 nitrogen and oxygen atoms in total. The topological polar surface area (TPSA) is 66.5 Å². The molecule has 1 atom stereocenters. The second kappa shape index (κ2) is 9.06. The van der Waals surface area contributed by atoms with Gasteiger partial charge in [-0.3, -0.25) is 9.10 Å². The molecule has 1 aromatic rings. The molecule has 0 aliphatic heterocycles. The maximum atomic E-state index is 12.5. The normalized spacial score (nSPS) is 12.7. The van der Waals surface area contributed by atoms with Crippen LogP contribution < -0.4 is 9.62 Å². The van der Waals surface area contributed by atoms with Crippen LogP contribution in [-0.2, 0) is 14.8 Å². The van der Waals surface area contributed by atoms with Crippen LogP contribution in [0.25, 0.3) is 0 Å². The first-order valence-corrected chi connectivity index (χ1v) is 10.4. The molecule has 0 radical (unpaired) electrons. The van der Waals surface area contributed by atoms with Crippen molar-refractivity contribution in [2.75, 3.05) is 17.1 Å². The molecule has 24 heavy (non-hydrogen) atoms. The lowest BCUT2D eigenvalue weighted by Crippen LogP contribution is -2.49. The van der Waals surface area contributed by atoms with E-state index >= 15 is 0 Å². The smallest absolute Gasteiger partial charge is 0.243 e. The minimum atomic E-state index is -3.57. The summed E-state index contributed by atoms with van der Waals surface area (Å²) in [6.45, 7) is 8.41. The van der Waals surface area contributed by atoms with Crippen molar-refractivity contribution in [1.29, 1.82) is 0 Å². The minimum absolute atomic E-state index is 0.239. The summed E-state index contributed by atoms with van der Waals surface area (Å²) in [5.41, 5.74) is 2.62. The largest absolute Gasteiger partial charge is 0.354 e. The summed E-state index contributed by atoms with van der Waals surface area (Å²) in [4.78, 5) is 12.5. The van der Waals surface area contributed by atoms with Gasteiger partial charge >= 0.3 is 0 Å². The molecule has 1 rings (SSSR count). The van der Waals surface area contributed by atoms with Crippen LogP contribution in [0, 0.1) is 13.8 Å². The van der Waals surface area contributed by atoms with Crippen LogP contribution in [0.4, 0.5) is 5.69 Å². The summed E-state index contributed by atoms with van der Waals surface area (Å²) in [5, 5.41) is 2.87. The molecule has 0 aliphatic rings. The number of unbranched alkanes of at least 4 members (excludes halogenated alkanes) is 2. The monoisotopic (exact) mass is 354 g/mol. The number of nitrogens with zero attached hydrogens (tertiary/aromatic N) is 1. The molecule has 1 unspecified atom stereocenters. The third-order valence-electron chi connectivity index (χ3n) is 4.15. The number of sulfonamides is 1. The molecule has 0 aromatic heterocycles. The average Bonchev–Trinajstić information content (AvgIpc) is 2.50. The van der Waals surface area contributed by atoms with E-state index in [9.17, 15) is 13.2 Å². The second-order valence-corrected chi connectivity index (χ2v) is 8.11. The maximum Gasteiger partial charge on any atom is 0.243 e. The van der Waals surface area contributed by atoms with Crippen molar-refractivity contribution < 1.29 is 13.2 Å². The highest BCUT2D eigenvalue weighted by Crippen LogP contribution is 2.25. The fourth-order valence-electron chi connectivity index (χ4n) is 2.63. The average molecular weight is 355 g/mol. The SMILES string of the molecule is CCCCCNC(=O)C(CC)N(c1ccc(C)c(C)c1)S(C)(=O)=O. The molecule has 1 N–H and O–H groups in total. The molecule has 0 saturated heterocycles. The molecular weight excluding hydrogens is 324 g/mol. The van der Waals surface area contributed by atoms with Crippen LogP contribution in [0.15, 0.2) is 18.2 Å². The van der Waals surface area contributed by atoms with Crippen LogP contribution in [-0.4, -0.2) is 33.2 Å². The summed E-state index contributed by atoms with van der Waals surface area (Å²) >= 11 is 0. The Bertz CT molecular complexity index is 656. The van der Waals surface area contributed by atoms with Gasteiger partial charge in [0.1, 0.15) is 6.04 Å². The van der Waals surface area contributed by atoms with Gasteiger partial charge in [0.15, 0.2) is 0 Å². The van der Waals surface area contributed by atoms with E-state index in [0.29, 0.717) is 18.7 Å². The predicted molar refractivity (Wildman–Crippen MR) is 99.9 cm³/mol. The van der Waals surface area contributed by atoms with Crippen LogP contribution >= 0.6 is 0 Å². The summed E-state index contributed by atoms with van der Waals surface area (Å²) in [6.07, 6.45) is 4.59. The van der Waals surface area contributed by atoms with Crippen molar-refractivity contribution in [2.24, 2.45) is 0 Å². The van der Waals surface area contributed by atoms with Crippen molar-refractivity contribution in [2.45, 2.75) is 59.4 Å². The van der Waals surface area contributed by atoms with E-state index in [4.69, 9.17) is 0 Å². The van der Waals surface area contributed by atoms with Gasteiger partial charge in [0, 0.05) is 6.54 Å². The molecule has 0 saturated carbocycles. The van der Waals surface area contributed by atoms with Gasteiger partial charge in [-0.05, 0) is 49.9 Å². The number of anilines is 1. The number of hydrogen-bond donors (Lipinski definition) is 1. The Morgan fingerprint density at radius 2 is 1.83 bits per heavy atom. The zero-order chi connectivity index (χ0) is 18.3. The minimum Gasteiger partial charge on any atom is -0.354 e. The Labute approximate surface area is 146 Å². The number of hydrogen-bond acceptors (Lipinski definition) is 3. The lowest BCUT2D eigenvalue weighted by Gasteiger charge is -2.30. The van der Waals surface area contributed by atoms with Crippen LogP contribution in [0.1, 0.15) is 50.7 Å². The number of carbonyl (C=O) groups is 1. The van der Waals surface area contributed by atoms with Gasteiger partial charge in [-0.1, -0.05) is 32.8 Å². The number of aryl methyl sites for hydroxylation is 2. The van der Waals surface area contributed by atoms with Gasteiger partial charge in [-0.2, -0.15) is 0 Å². The Hall–Kier alpha value is -1.56. The lowest BCUT2D eigenvalue weighted by atomic mass is 10.1. The standard InChI is InChI=1S/C18H30N2O3S/c1-6-8-9-12-19-18(21)17(7-2)20(24(5,22)23)16-11-10-14(3)15(4)13-16/h10-11,13,17H,6-9,12H2,1-5H3,(H,19,21). The highest BCUT2D eigenvalue weighted by Gasteiger charge is 2.31. The van der Waals surface area contributed by atoms with E-state index < -0.39 is 16.1 Å². The van der Waals surface area contributed by atoms with Gasteiger partial charge in [-0.15, -0.1) is 0 Å². The zero-order valence-corrected chi connectivity index (χ0v) is 16.2. The van der Waals surface area contributed by atoms with E-state index in [2.05, 4.69) is 12.2 Å². The van der Waals surface area contributed by atoms with Crippen LogP contribution in [0.3, 0.4) is 0 Å². The van der Waals surface area contributed by atoms with Crippen LogP contribution in [0.5, 0.6) is 0 Å². The number of benzene rings is 1. The molecule has 0 bridgehead atoms. The Morgan fingerprint density at radius 1 is 1.17 bits per heavy atom. The highest BCUT2D eigenvalue weighted by molar-refractivity contribution is 7.92. The first kappa shape index (κ1) is 20.5. The Kier molecular flexibility index (Phi) is 7.73. The van der Waals surface area contributed by atoms with Gasteiger partial charge < -0.3 is 5.32 Å². The lowest BCUT2D eigenvalue weighted by molar-refractivity contribution is -0.122. The van der Waals surface area contributed by atoms with Crippen molar-refractivity contribution in [3.05, 3.63) is 29.3 Å². The number of amides is 1. The first-order valence-electron chi connectivity index (χ1n) is 8.56. The first-order chi connectivity index (χ1) is 11.2. The summed E-state index contributed by atoms with van der Waals surface area (Å²) in [7, 11) is -3.57. The molecule has 0 fully saturated rings. The van der Waals surface area contributed by atoms with Gasteiger partial charge in [-0.25, -0.2) is 8.42 Å². The highest BCUT2D eigenvalue weighted by atomic mass is 32.2. The molecule has 6 heteroatoms. The van der Waals surface area contributed by atoms with E-state index in [1.165, 1.54) is 4.31 Å². The van der Waals surface area contributed by atoms with Gasteiger partial charge in [0.05, 0.1) is 11.9 Å². The van der Waals surface area contributed by atoms with E-state index in [-0.39, 0.29) is 5.91 Å². The Balaban J connectivity index is 3.08. The molecule has 0 spiro atoms. The van der Waals surface area contributed by atoms with Gasteiger partial charge in [0.2, 0.25) is 15.9 Å². The maximum absolute atomic E-state index is 12.5. The molecule has 1 amide bonds. The molecule has 0 aliphatic carbocycles. The number of rotatable bonds is 9. The third kappa shape index (κ3) is 5.51. The molecule has 0 heterocycles. The summed E-state index contributed by atoms with van der Waals surface area (Å²) in [6, 6.07) is 4.73. The van der Waals surface area contributed by atoms with Gasteiger partial charge in [0.25, 0.3) is 0 Å². The summed E-state index contributed by atoms with van der Waals surface area (Å²) < 4.78 is 26.0. The fourth-order valence-corrected chi connectivity index (χ4v) is 3.83. The quantitative estimate of drug-likeness (QED) is 0.693. The predicted octanol–water partition coefficient (Wildman–Crippen LogP) is 3.15. The Morgan fingerprint density at radius 3 is 2.33 bits per heavy atom. The molecule has 1 aromatic carbocycles. The number of nitrogens with one attached hydrogen (secondary N) is 1. The fraction of sp³-hybridized carbons (Fsp3) is 0.611.